The molecule has 2 N–H and O–H groups in total. The predicted molar refractivity (Wildman–Crippen MR) is 97.5 cm³/mol. The SMILES string of the molecule is Cl.O=C(CCC1CCNCC1)NCc1cnn(-c2ccccc2)c1. The van der Waals surface area contributed by atoms with Crippen molar-refractivity contribution < 1.29 is 4.79 Å². The Morgan fingerprint density at radius 3 is 2.75 bits per heavy atom. The van der Waals surface area contributed by atoms with E-state index in [0.29, 0.717) is 18.9 Å². The van der Waals surface area contributed by atoms with Gasteiger partial charge in [0, 0.05) is 24.7 Å². The van der Waals surface area contributed by atoms with Gasteiger partial charge >= 0.3 is 0 Å². The molecule has 1 aromatic heterocycles. The van der Waals surface area contributed by atoms with Gasteiger partial charge in [-0.25, -0.2) is 4.68 Å². The minimum atomic E-state index is 0. The van der Waals surface area contributed by atoms with Crippen molar-refractivity contribution in [1.82, 2.24) is 20.4 Å². The first kappa shape index (κ1) is 18.5. The van der Waals surface area contributed by atoms with Crippen LogP contribution in [-0.4, -0.2) is 28.8 Å². The molecule has 1 amide bonds. The van der Waals surface area contributed by atoms with Crippen LogP contribution in [0, 0.1) is 5.92 Å². The van der Waals surface area contributed by atoms with Crippen molar-refractivity contribution in [3.63, 3.8) is 0 Å². The molecule has 0 saturated carbocycles. The third-order valence-corrected chi connectivity index (χ3v) is 4.38. The topological polar surface area (TPSA) is 59.0 Å². The van der Waals surface area contributed by atoms with E-state index in [1.807, 2.05) is 41.2 Å². The number of amides is 1. The molecule has 0 radical (unpaired) electrons. The Hall–Kier alpha value is -1.85. The number of nitrogens with zero attached hydrogens (tertiary/aromatic N) is 2. The molecule has 6 heteroatoms. The average Bonchev–Trinajstić information content (AvgIpc) is 3.09. The maximum absolute atomic E-state index is 12.0. The van der Waals surface area contributed by atoms with Crippen LogP contribution in [-0.2, 0) is 11.3 Å². The molecule has 3 rings (SSSR count). The van der Waals surface area contributed by atoms with E-state index in [-0.39, 0.29) is 18.3 Å². The summed E-state index contributed by atoms with van der Waals surface area (Å²) in [5.41, 5.74) is 2.04. The lowest BCUT2D eigenvalue weighted by atomic mass is 9.93. The summed E-state index contributed by atoms with van der Waals surface area (Å²) in [6.07, 6.45) is 7.77. The van der Waals surface area contributed by atoms with E-state index >= 15 is 0 Å². The van der Waals surface area contributed by atoms with Crippen LogP contribution in [0.4, 0.5) is 0 Å². The minimum Gasteiger partial charge on any atom is -0.352 e. The van der Waals surface area contributed by atoms with Gasteiger partial charge in [-0.1, -0.05) is 18.2 Å². The van der Waals surface area contributed by atoms with Crippen molar-refractivity contribution in [3.8, 4) is 5.69 Å². The van der Waals surface area contributed by atoms with Crippen LogP contribution in [0.2, 0.25) is 0 Å². The van der Waals surface area contributed by atoms with Gasteiger partial charge in [0.15, 0.2) is 0 Å². The summed E-state index contributed by atoms with van der Waals surface area (Å²) in [6.45, 7) is 2.72. The van der Waals surface area contributed by atoms with Crippen LogP contribution in [0.5, 0.6) is 0 Å². The molecule has 5 nitrogen and oxygen atoms in total. The second-order valence-electron chi connectivity index (χ2n) is 6.14. The highest BCUT2D eigenvalue weighted by atomic mass is 35.5. The van der Waals surface area contributed by atoms with Crippen molar-refractivity contribution >= 4 is 18.3 Å². The maximum atomic E-state index is 12.0. The molecule has 130 valence electrons. The number of nitrogens with one attached hydrogen (secondary N) is 2. The predicted octanol–water partition coefficient (Wildman–Crippen LogP) is 2.69. The van der Waals surface area contributed by atoms with Gasteiger partial charge in [-0.3, -0.25) is 4.79 Å². The number of piperidine rings is 1. The zero-order valence-corrected chi connectivity index (χ0v) is 14.6. The molecule has 1 aliphatic rings. The molecule has 1 aliphatic heterocycles. The first-order chi connectivity index (χ1) is 11.3. The number of para-hydroxylation sites is 1. The van der Waals surface area contributed by atoms with Gasteiger partial charge < -0.3 is 10.6 Å². The summed E-state index contributed by atoms with van der Waals surface area (Å²) >= 11 is 0. The van der Waals surface area contributed by atoms with E-state index in [0.717, 1.165) is 30.8 Å². The van der Waals surface area contributed by atoms with Crippen molar-refractivity contribution in [2.24, 2.45) is 5.92 Å². The number of aromatic nitrogens is 2. The van der Waals surface area contributed by atoms with E-state index in [4.69, 9.17) is 0 Å². The Morgan fingerprint density at radius 2 is 2.00 bits per heavy atom. The number of hydrogen-bond donors (Lipinski definition) is 2. The lowest BCUT2D eigenvalue weighted by molar-refractivity contribution is -0.121. The highest BCUT2D eigenvalue weighted by Gasteiger charge is 2.14. The monoisotopic (exact) mass is 348 g/mol. The van der Waals surface area contributed by atoms with Crippen LogP contribution in [0.3, 0.4) is 0 Å². The van der Waals surface area contributed by atoms with E-state index < -0.39 is 0 Å². The molecular weight excluding hydrogens is 324 g/mol. The zero-order chi connectivity index (χ0) is 15.9. The molecular formula is C18H25ClN4O. The summed E-state index contributed by atoms with van der Waals surface area (Å²) < 4.78 is 1.83. The van der Waals surface area contributed by atoms with Crippen molar-refractivity contribution in [2.45, 2.75) is 32.2 Å². The summed E-state index contributed by atoms with van der Waals surface area (Å²) in [5.74, 6) is 0.832. The molecule has 2 heterocycles. The second kappa shape index (κ2) is 9.45. The highest BCUT2D eigenvalue weighted by Crippen LogP contribution is 2.17. The van der Waals surface area contributed by atoms with Crippen LogP contribution >= 0.6 is 12.4 Å². The van der Waals surface area contributed by atoms with E-state index in [1.54, 1.807) is 6.20 Å². The molecule has 0 aliphatic carbocycles. The normalized spacial score (nSPS) is 14.8. The second-order valence-corrected chi connectivity index (χ2v) is 6.14. The van der Waals surface area contributed by atoms with Crippen LogP contribution in [0.25, 0.3) is 5.69 Å². The number of carbonyl (C=O) groups excluding carboxylic acids is 1. The van der Waals surface area contributed by atoms with E-state index in [9.17, 15) is 4.79 Å². The quantitative estimate of drug-likeness (QED) is 0.843. The third-order valence-electron chi connectivity index (χ3n) is 4.38. The molecule has 1 aromatic carbocycles. The fourth-order valence-electron chi connectivity index (χ4n) is 2.97. The summed E-state index contributed by atoms with van der Waals surface area (Å²) in [6, 6.07) is 9.97. The first-order valence-corrected chi connectivity index (χ1v) is 8.37. The zero-order valence-electron chi connectivity index (χ0n) is 13.8. The molecule has 0 spiro atoms. The van der Waals surface area contributed by atoms with Crippen LogP contribution < -0.4 is 10.6 Å². The fraction of sp³-hybridized carbons (Fsp3) is 0.444. The Kier molecular flexibility index (Phi) is 7.28. The largest absolute Gasteiger partial charge is 0.352 e. The van der Waals surface area contributed by atoms with Gasteiger partial charge in [0.2, 0.25) is 5.91 Å². The van der Waals surface area contributed by atoms with E-state index in [1.165, 1.54) is 12.8 Å². The summed E-state index contributed by atoms with van der Waals surface area (Å²) in [7, 11) is 0. The minimum absolute atomic E-state index is 0. The van der Waals surface area contributed by atoms with Crippen LogP contribution in [0.1, 0.15) is 31.2 Å². The number of hydrogen-bond acceptors (Lipinski definition) is 3. The molecule has 0 bridgehead atoms. The summed E-state index contributed by atoms with van der Waals surface area (Å²) in [5, 5.41) is 10.7. The van der Waals surface area contributed by atoms with Gasteiger partial charge in [0.25, 0.3) is 0 Å². The number of rotatable bonds is 6. The Labute approximate surface area is 149 Å². The Morgan fingerprint density at radius 1 is 1.25 bits per heavy atom. The molecule has 0 atom stereocenters. The third kappa shape index (κ3) is 5.35. The number of benzene rings is 1. The molecule has 1 saturated heterocycles. The van der Waals surface area contributed by atoms with Gasteiger partial charge in [-0.05, 0) is 50.4 Å². The van der Waals surface area contributed by atoms with Gasteiger partial charge in [0.1, 0.15) is 0 Å². The maximum Gasteiger partial charge on any atom is 0.220 e. The summed E-state index contributed by atoms with van der Waals surface area (Å²) in [4.78, 5) is 12.0. The molecule has 0 unspecified atom stereocenters. The fourth-order valence-corrected chi connectivity index (χ4v) is 2.97. The number of carbonyl (C=O) groups is 1. The smallest absolute Gasteiger partial charge is 0.220 e. The standard InChI is InChI=1S/C18H24N4O.ClH/c23-18(7-6-15-8-10-19-11-9-15)20-12-16-13-21-22(14-16)17-4-2-1-3-5-17;/h1-5,13-15,19H,6-12H2,(H,20,23);1H. The van der Waals surface area contributed by atoms with Gasteiger partial charge in [-0.15, -0.1) is 12.4 Å². The Bertz CT molecular complexity index is 623. The van der Waals surface area contributed by atoms with Crippen LogP contribution in [0.15, 0.2) is 42.7 Å². The molecule has 24 heavy (non-hydrogen) atoms. The van der Waals surface area contributed by atoms with Crippen molar-refractivity contribution in [1.29, 1.82) is 0 Å². The first-order valence-electron chi connectivity index (χ1n) is 8.37. The molecule has 1 fully saturated rings. The Balaban J connectivity index is 0.00000208. The lowest BCUT2D eigenvalue weighted by Gasteiger charge is -2.22. The lowest BCUT2D eigenvalue weighted by Crippen LogP contribution is -2.29. The highest BCUT2D eigenvalue weighted by molar-refractivity contribution is 5.85. The van der Waals surface area contributed by atoms with Gasteiger partial charge in [-0.2, -0.15) is 5.10 Å². The van der Waals surface area contributed by atoms with Crippen molar-refractivity contribution in [3.05, 3.63) is 48.3 Å². The van der Waals surface area contributed by atoms with Gasteiger partial charge in [0.05, 0.1) is 11.9 Å². The molecule has 2 aromatic rings. The van der Waals surface area contributed by atoms with Crippen molar-refractivity contribution in [2.75, 3.05) is 13.1 Å². The number of halogens is 1. The van der Waals surface area contributed by atoms with E-state index in [2.05, 4.69) is 15.7 Å². The average molecular weight is 349 g/mol.